The van der Waals surface area contributed by atoms with Crippen LogP contribution in [0.2, 0.25) is 0 Å². The van der Waals surface area contributed by atoms with E-state index in [2.05, 4.69) is 5.32 Å². The predicted molar refractivity (Wildman–Crippen MR) is 139 cm³/mol. The molecule has 2 aliphatic rings. The average Bonchev–Trinajstić information content (AvgIpc) is 3.30. The van der Waals surface area contributed by atoms with Crippen LogP contribution in [0.3, 0.4) is 0 Å². The van der Waals surface area contributed by atoms with Gasteiger partial charge in [-0.25, -0.2) is 4.79 Å². The molecule has 1 unspecified atom stereocenters. The van der Waals surface area contributed by atoms with Crippen LogP contribution in [0.25, 0.3) is 11.0 Å². The zero-order valence-electron chi connectivity index (χ0n) is 21.5. The Labute approximate surface area is 220 Å². The van der Waals surface area contributed by atoms with Gasteiger partial charge in [-0.05, 0) is 62.6 Å². The van der Waals surface area contributed by atoms with Crippen molar-refractivity contribution in [3.63, 3.8) is 0 Å². The molecule has 2 aliphatic carbocycles. The highest BCUT2D eigenvalue weighted by atomic mass is 16.6. The summed E-state index contributed by atoms with van der Waals surface area (Å²) in [6.07, 6.45) is 2.24. The summed E-state index contributed by atoms with van der Waals surface area (Å²) in [6.45, 7) is 3.09. The quantitative estimate of drug-likeness (QED) is 0.367. The maximum atomic E-state index is 13.6. The first-order valence-corrected chi connectivity index (χ1v) is 13.0. The van der Waals surface area contributed by atoms with Crippen LogP contribution < -0.4 is 14.8 Å². The summed E-state index contributed by atoms with van der Waals surface area (Å²) < 4.78 is 17.4. The number of ketones is 1. The highest BCUT2D eigenvalue weighted by Gasteiger charge is 2.42. The number of nitrogens with one attached hydrogen (secondary N) is 1. The van der Waals surface area contributed by atoms with Crippen molar-refractivity contribution in [3.8, 4) is 11.5 Å². The number of ether oxygens (including phenoxy) is 2. The van der Waals surface area contributed by atoms with Crippen molar-refractivity contribution in [2.45, 2.75) is 69.6 Å². The lowest BCUT2D eigenvalue weighted by molar-refractivity contribution is -0.0339. The predicted octanol–water partition coefficient (Wildman–Crippen LogP) is 3.82. The smallest absolute Gasteiger partial charge is 0.412 e. The van der Waals surface area contributed by atoms with Gasteiger partial charge in [0.1, 0.15) is 41.7 Å². The second kappa shape index (κ2) is 10.4. The Hall–Kier alpha value is -3.40. The molecule has 9 nitrogen and oxygen atoms in total. The second-order valence-electron chi connectivity index (χ2n) is 10.6. The van der Waals surface area contributed by atoms with Gasteiger partial charge in [0.2, 0.25) is 0 Å². The average molecular weight is 524 g/mol. The van der Waals surface area contributed by atoms with Crippen LogP contribution in [0.4, 0.5) is 4.79 Å². The first kappa shape index (κ1) is 26.2. The van der Waals surface area contributed by atoms with Crippen molar-refractivity contribution in [2.75, 3.05) is 13.2 Å². The number of aliphatic hydroxyl groups excluding tert-OH is 3. The van der Waals surface area contributed by atoms with Crippen molar-refractivity contribution in [3.05, 3.63) is 58.8 Å². The standard InChI is InChI=1S/C29H33NO8/c1-29(2)21-12-17(36-15-23(33)22(32)14-31)8-10-19(21)26(34)25-20-11-9-18(13-24(20)38-27(25)29)37-28(35)30-16-6-4-3-5-7-16/h8-13,16,22-23,31-33H,3-7,14-15H2,1-2H3,(H,30,35)/t22?,23-/m1/s1. The maximum Gasteiger partial charge on any atom is 0.412 e. The van der Waals surface area contributed by atoms with Crippen molar-refractivity contribution in [1.29, 1.82) is 0 Å². The van der Waals surface area contributed by atoms with Crippen LogP contribution in [-0.2, 0) is 5.41 Å². The van der Waals surface area contributed by atoms with E-state index in [4.69, 9.17) is 19.0 Å². The van der Waals surface area contributed by atoms with E-state index in [-0.39, 0.29) is 18.4 Å². The monoisotopic (exact) mass is 523 g/mol. The Morgan fingerprint density at radius 2 is 1.82 bits per heavy atom. The molecule has 202 valence electrons. The van der Waals surface area contributed by atoms with E-state index in [0.717, 1.165) is 25.7 Å². The maximum absolute atomic E-state index is 13.6. The molecular formula is C29H33NO8. The Balaban J connectivity index is 1.39. The number of amides is 1. The highest BCUT2D eigenvalue weighted by Crippen LogP contribution is 2.46. The summed E-state index contributed by atoms with van der Waals surface area (Å²) in [7, 11) is 0. The SMILES string of the molecule is CC1(C)c2cc(OC[C@@H](O)C(O)CO)ccc2C(=O)c2c1oc1cc(OC(=O)NC3CCCCC3)ccc21. The van der Waals surface area contributed by atoms with Crippen LogP contribution >= 0.6 is 0 Å². The van der Waals surface area contributed by atoms with Crippen molar-refractivity contribution >= 4 is 22.8 Å². The number of hydrogen-bond donors (Lipinski definition) is 4. The normalized spacial score (nSPS) is 18.4. The van der Waals surface area contributed by atoms with Crippen molar-refractivity contribution in [1.82, 2.24) is 5.32 Å². The van der Waals surface area contributed by atoms with Gasteiger partial charge in [0.05, 0.1) is 12.2 Å². The molecule has 2 atom stereocenters. The molecule has 0 bridgehead atoms. The molecule has 38 heavy (non-hydrogen) atoms. The van der Waals surface area contributed by atoms with Gasteiger partial charge in [0.25, 0.3) is 0 Å². The van der Waals surface area contributed by atoms with Crippen LogP contribution in [0.15, 0.2) is 40.8 Å². The van der Waals surface area contributed by atoms with Crippen LogP contribution in [0.1, 0.15) is 73.2 Å². The fourth-order valence-corrected chi connectivity index (χ4v) is 5.36. The van der Waals surface area contributed by atoms with E-state index in [9.17, 15) is 19.8 Å². The van der Waals surface area contributed by atoms with Gasteiger partial charge in [-0.1, -0.05) is 19.3 Å². The molecule has 1 fully saturated rings. The van der Waals surface area contributed by atoms with Gasteiger partial charge in [-0.15, -0.1) is 0 Å². The molecule has 3 aromatic rings. The molecule has 0 spiro atoms. The Kier molecular flexibility index (Phi) is 7.17. The molecule has 1 amide bonds. The summed E-state index contributed by atoms with van der Waals surface area (Å²) in [6, 6.07) is 10.2. The third kappa shape index (κ3) is 4.89. The van der Waals surface area contributed by atoms with Crippen molar-refractivity contribution < 1.29 is 38.8 Å². The van der Waals surface area contributed by atoms with E-state index >= 15 is 0 Å². The van der Waals surface area contributed by atoms with E-state index < -0.39 is 30.3 Å². The Bertz CT molecular complexity index is 1350. The third-order valence-electron chi connectivity index (χ3n) is 7.55. The number of carbonyl (C=O) groups is 2. The van der Waals surface area contributed by atoms with E-state index in [0.29, 0.717) is 44.9 Å². The van der Waals surface area contributed by atoms with E-state index in [1.165, 1.54) is 6.42 Å². The summed E-state index contributed by atoms with van der Waals surface area (Å²) in [5, 5.41) is 32.0. The lowest BCUT2D eigenvalue weighted by atomic mass is 9.71. The van der Waals surface area contributed by atoms with Gasteiger partial charge in [0.15, 0.2) is 5.78 Å². The van der Waals surface area contributed by atoms with Crippen LogP contribution in [0, 0.1) is 0 Å². The molecule has 1 heterocycles. The molecule has 1 aromatic heterocycles. The lowest BCUT2D eigenvalue weighted by Crippen LogP contribution is -2.37. The molecule has 2 aromatic carbocycles. The van der Waals surface area contributed by atoms with E-state index in [1.807, 2.05) is 13.8 Å². The zero-order valence-corrected chi connectivity index (χ0v) is 21.5. The van der Waals surface area contributed by atoms with E-state index in [1.54, 1.807) is 36.4 Å². The number of fused-ring (bicyclic) bond motifs is 4. The number of aliphatic hydroxyl groups is 3. The fraction of sp³-hybridized carbons (Fsp3) is 0.448. The molecule has 0 aliphatic heterocycles. The zero-order chi connectivity index (χ0) is 27.0. The number of benzene rings is 2. The van der Waals surface area contributed by atoms with Crippen LogP contribution in [0.5, 0.6) is 11.5 Å². The van der Waals surface area contributed by atoms with Gasteiger partial charge >= 0.3 is 6.09 Å². The number of rotatable bonds is 7. The first-order chi connectivity index (χ1) is 18.2. The molecule has 1 saturated carbocycles. The fourth-order valence-electron chi connectivity index (χ4n) is 5.36. The summed E-state index contributed by atoms with van der Waals surface area (Å²) >= 11 is 0. The molecule has 5 rings (SSSR count). The van der Waals surface area contributed by atoms with Gasteiger partial charge in [-0.2, -0.15) is 0 Å². The molecule has 9 heteroatoms. The second-order valence-corrected chi connectivity index (χ2v) is 10.6. The minimum atomic E-state index is -1.31. The van der Waals surface area contributed by atoms with Gasteiger partial charge < -0.3 is 34.5 Å². The largest absolute Gasteiger partial charge is 0.491 e. The summed E-state index contributed by atoms with van der Waals surface area (Å²) in [5.41, 5.74) is 1.45. The molecule has 0 saturated heterocycles. The number of carbonyl (C=O) groups excluding carboxylic acids is 2. The molecule has 4 N–H and O–H groups in total. The van der Waals surface area contributed by atoms with Crippen LogP contribution in [-0.4, -0.2) is 58.7 Å². The Morgan fingerprint density at radius 3 is 2.55 bits per heavy atom. The van der Waals surface area contributed by atoms with Gasteiger partial charge in [-0.3, -0.25) is 4.79 Å². The minimum absolute atomic E-state index is 0.129. The molecule has 0 radical (unpaired) electrons. The number of furan rings is 1. The third-order valence-corrected chi connectivity index (χ3v) is 7.55. The highest BCUT2D eigenvalue weighted by molar-refractivity contribution is 6.19. The molecular weight excluding hydrogens is 490 g/mol. The summed E-state index contributed by atoms with van der Waals surface area (Å²) in [4.78, 5) is 26.0. The minimum Gasteiger partial charge on any atom is -0.491 e. The first-order valence-electron chi connectivity index (χ1n) is 13.0. The lowest BCUT2D eigenvalue weighted by Gasteiger charge is -2.31. The van der Waals surface area contributed by atoms with Crippen molar-refractivity contribution in [2.24, 2.45) is 0 Å². The topological polar surface area (TPSA) is 138 Å². The van der Waals surface area contributed by atoms with Gasteiger partial charge in [0, 0.05) is 28.5 Å². The summed E-state index contributed by atoms with van der Waals surface area (Å²) in [5.74, 6) is 1.06. The number of hydrogen-bond acceptors (Lipinski definition) is 8. The Morgan fingerprint density at radius 1 is 1.08 bits per heavy atom.